The van der Waals surface area contributed by atoms with E-state index in [4.69, 9.17) is 5.73 Å². The van der Waals surface area contributed by atoms with Gasteiger partial charge in [0, 0.05) is 23.5 Å². The first-order chi connectivity index (χ1) is 9.24. The summed E-state index contributed by atoms with van der Waals surface area (Å²) in [7, 11) is 3.93. The normalized spacial score (nSPS) is 17.9. The molecule has 2 rings (SSSR count). The van der Waals surface area contributed by atoms with E-state index in [1.54, 1.807) is 0 Å². The fraction of sp³-hybridized carbons (Fsp3) is 0.571. The zero-order valence-electron chi connectivity index (χ0n) is 11.7. The number of halogens is 3. The zero-order chi connectivity index (χ0) is 15.0. The molecule has 112 valence electrons. The number of alkyl halides is 3. The molecule has 0 aromatic heterocycles. The number of hydrogen-bond acceptors (Lipinski definition) is 3. The summed E-state index contributed by atoms with van der Waals surface area (Å²) >= 11 is 0. The number of nitrogens with one attached hydrogen (secondary N) is 1. The summed E-state index contributed by atoms with van der Waals surface area (Å²) in [6.07, 6.45) is -1.27. The lowest BCUT2D eigenvalue weighted by molar-refractivity contribution is -0.136. The van der Waals surface area contributed by atoms with Crippen molar-refractivity contribution in [3.63, 3.8) is 0 Å². The highest BCUT2D eigenvalue weighted by Gasteiger charge is 2.40. The average Bonchev–Trinajstić information content (AvgIpc) is 2.27. The fourth-order valence-electron chi connectivity index (χ4n) is 2.58. The third kappa shape index (κ3) is 2.85. The molecule has 0 bridgehead atoms. The van der Waals surface area contributed by atoms with Crippen molar-refractivity contribution in [2.75, 3.05) is 31.7 Å². The molecule has 1 aliphatic rings. The molecule has 0 saturated heterocycles. The van der Waals surface area contributed by atoms with Crippen LogP contribution >= 0.6 is 0 Å². The molecule has 0 atom stereocenters. The van der Waals surface area contributed by atoms with Gasteiger partial charge in [0.05, 0.1) is 5.56 Å². The third-order valence-corrected chi connectivity index (χ3v) is 4.19. The van der Waals surface area contributed by atoms with Gasteiger partial charge in [0.2, 0.25) is 0 Å². The quantitative estimate of drug-likeness (QED) is 0.836. The van der Waals surface area contributed by atoms with E-state index < -0.39 is 11.7 Å². The summed E-state index contributed by atoms with van der Waals surface area (Å²) < 4.78 is 39.0. The van der Waals surface area contributed by atoms with Crippen LogP contribution in [0.4, 0.5) is 24.5 Å². The number of likely N-dealkylation sites (N-methyl/N-ethyl adjacent to an activating group) is 1. The Balaban J connectivity index is 2.18. The summed E-state index contributed by atoms with van der Waals surface area (Å²) in [6, 6.07) is 3.87. The molecular weight excluding hydrogens is 267 g/mol. The Bertz CT molecular complexity index is 479. The van der Waals surface area contributed by atoms with Gasteiger partial charge < -0.3 is 16.0 Å². The molecule has 0 spiro atoms. The number of nitrogen functional groups attached to an aromatic ring is 1. The Morgan fingerprint density at radius 2 is 1.95 bits per heavy atom. The predicted molar refractivity (Wildman–Crippen MR) is 74.6 cm³/mol. The largest absolute Gasteiger partial charge is 0.418 e. The van der Waals surface area contributed by atoms with Gasteiger partial charge >= 0.3 is 6.18 Å². The maximum absolute atomic E-state index is 13.0. The Labute approximate surface area is 116 Å². The Morgan fingerprint density at radius 3 is 2.40 bits per heavy atom. The smallest absolute Gasteiger partial charge is 0.399 e. The topological polar surface area (TPSA) is 41.3 Å². The van der Waals surface area contributed by atoms with E-state index in [9.17, 15) is 13.2 Å². The van der Waals surface area contributed by atoms with Crippen LogP contribution in [0.5, 0.6) is 0 Å². The highest BCUT2D eigenvalue weighted by Crippen LogP contribution is 2.39. The molecule has 0 aliphatic heterocycles. The Hall–Kier alpha value is -1.43. The number of nitrogens with zero attached hydrogens (tertiary/aromatic N) is 1. The van der Waals surface area contributed by atoms with Crippen molar-refractivity contribution in [1.29, 1.82) is 0 Å². The van der Waals surface area contributed by atoms with Gasteiger partial charge in [-0.05, 0) is 51.6 Å². The third-order valence-electron chi connectivity index (χ3n) is 4.19. The lowest BCUT2D eigenvalue weighted by Gasteiger charge is -2.47. The van der Waals surface area contributed by atoms with Gasteiger partial charge in [0.1, 0.15) is 0 Å². The van der Waals surface area contributed by atoms with Crippen LogP contribution in [0.3, 0.4) is 0 Å². The highest BCUT2D eigenvalue weighted by molar-refractivity contribution is 5.59. The van der Waals surface area contributed by atoms with Crippen LogP contribution in [0.2, 0.25) is 0 Å². The van der Waals surface area contributed by atoms with Crippen LogP contribution < -0.4 is 11.1 Å². The standard InChI is InChI=1S/C14H20F3N3/c1-20(2)13(6-3-7-13)9-19-12-5-4-10(18)8-11(12)14(15,16)17/h4-5,8,19H,3,6-7,9,18H2,1-2H3. The van der Waals surface area contributed by atoms with Gasteiger partial charge in [-0.25, -0.2) is 0 Å². The molecule has 0 heterocycles. The van der Waals surface area contributed by atoms with Crippen LogP contribution in [0.15, 0.2) is 18.2 Å². The molecule has 1 aliphatic carbocycles. The number of nitrogens with two attached hydrogens (primary N) is 1. The molecule has 0 unspecified atom stereocenters. The average molecular weight is 287 g/mol. The zero-order valence-corrected chi connectivity index (χ0v) is 11.7. The molecular formula is C14H20F3N3. The summed E-state index contributed by atoms with van der Waals surface area (Å²) in [4.78, 5) is 2.09. The number of hydrogen-bond donors (Lipinski definition) is 2. The van der Waals surface area contributed by atoms with Crippen molar-refractivity contribution in [1.82, 2.24) is 4.90 Å². The summed E-state index contributed by atoms with van der Waals surface area (Å²) in [5.74, 6) is 0. The van der Waals surface area contributed by atoms with E-state index in [1.807, 2.05) is 14.1 Å². The number of benzene rings is 1. The Kier molecular flexibility index (Phi) is 3.86. The molecule has 0 radical (unpaired) electrons. The molecule has 1 fully saturated rings. The predicted octanol–water partition coefficient (Wildman–Crippen LogP) is 3.18. The second-order valence-corrected chi connectivity index (χ2v) is 5.63. The fourth-order valence-corrected chi connectivity index (χ4v) is 2.58. The molecule has 1 aromatic carbocycles. The van der Waals surface area contributed by atoms with Gasteiger partial charge in [-0.15, -0.1) is 0 Å². The lowest BCUT2D eigenvalue weighted by Crippen LogP contribution is -2.54. The van der Waals surface area contributed by atoms with Gasteiger partial charge in [-0.3, -0.25) is 0 Å². The molecule has 20 heavy (non-hydrogen) atoms. The van der Waals surface area contributed by atoms with Gasteiger partial charge in [0.25, 0.3) is 0 Å². The minimum absolute atomic E-state index is 0.0374. The second kappa shape index (κ2) is 5.16. The SMILES string of the molecule is CN(C)C1(CNc2ccc(N)cc2C(F)(F)F)CCC1. The minimum atomic E-state index is -4.40. The molecule has 3 N–H and O–H groups in total. The summed E-state index contributed by atoms with van der Waals surface area (Å²) in [5, 5.41) is 2.95. The molecule has 1 saturated carbocycles. The van der Waals surface area contributed by atoms with Crippen LogP contribution in [-0.4, -0.2) is 31.1 Å². The minimum Gasteiger partial charge on any atom is -0.399 e. The first-order valence-electron chi connectivity index (χ1n) is 6.63. The van der Waals surface area contributed by atoms with E-state index in [0.29, 0.717) is 6.54 Å². The lowest BCUT2D eigenvalue weighted by atomic mass is 9.75. The number of anilines is 2. The van der Waals surface area contributed by atoms with Crippen molar-refractivity contribution in [3.8, 4) is 0 Å². The van der Waals surface area contributed by atoms with Crippen molar-refractivity contribution in [3.05, 3.63) is 23.8 Å². The van der Waals surface area contributed by atoms with Crippen molar-refractivity contribution < 1.29 is 13.2 Å². The van der Waals surface area contributed by atoms with Gasteiger partial charge in [-0.2, -0.15) is 13.2 Å². The maximum atomic E-state index is 13.0. The second-order valence-electron chi connectivity index (χ2n) is 5.63. The van der Waals surface area contributed by atoms with E-state index in [1.165, 1.54) is 12.1 Å². The first kappa shape index (κ1) is 15.0. The van der Waals surface area contributed by atoms with E-state index in [-0.39, 0.29) is 16.9 Å². The van der Waals surface area contributed by atoms with Gasteiger partial charge in [0.15, 0.2) is 0 Å². The maximum Gasteiger partial charge on any atom is 0.418 e. The first-order valence-corrected chi connectivity index (χ1v) is 6.63. The van der Waals surface area contributed by atoms with Crippen molar-refractivity contribution in [2.45, 2.75) is 31.0 Å². The van der Waals surface area contributed by atoms with Crippen LogP contribution in [-0.2, 0) is 6.18 Å². The van der Waals surface area contributed by atoms with Crippen molar-refractivity contribution in [2.24, 2.45) is 0 Å². The van der Waals surface area contributed by atoms with Crippen LogP contribution in [0.25, 0.3) is 0 Å². The molecule has 6 heteroatoms. The molecule has 1 aromatic rings. The Morgan fingerprint density at radius 1 is 1.30 bits per heavy atom. The summed E-state index contributed by atoms with van der Waals surface area (Å²) in [5.41, 5.74) is 4.93. The molecule has 3 nitrogen and oxygen atoms in total. The van der Waals surface area contributed by atoms with Crippen molar-refractivity contribution >= 4 is 11.4 Å². The molecule has 0 amide bonds. The van der Waals surface area contributed by atoms with E-state index >= 15 is 0 Å². The van der Waals surface area contributed by atoms with Crippen LogP contribution in [0.1, 0.15) is 24.8 Å². The highest BCUT2D eigenvalue weighted by atomic mass is 19.4. The van der Waals surface area contributed by atoms with Gasteiger partial charge in [-0.1, -0.05) is 0 Å². The summed E-state index contributed by atoms with van der Waals surface area (Å²) in [6.45, 7) is 0.507. The monoisotopic (exact) mass is 287 g/mol. The van der Waals surface area contributed by atoms with E-state index in [0.717, 1.165) is 25.3 Å². The van der Waals surface area contributed by atoms with Crippen LogP contribution in [0, 0.1) is 0 Å². The van der Waals surface area contributed by atoms with E-state index in [2.05, 4.69) is 10.2 Å². The number of rotatable bonds is 4.